The molecule has 0 spiro atoms. The zero-order chi connectivity index (χ0) is 18.9. The number of aliphatic hydroxyl groups excluding tert-OH is 1. The Bertz CT molecular complexity index is 573. The molecule has 1 rings (SSSR count). The van der Waals surface area contributed by atoms with Gasteiger partial charge in [-0.15, -0.1) is 6.42 Å². The molecule has 0 fully saturated rings. The van der Waals surface area contributed by atoms with E-state index in [0.29, 0.717) is 6.42 Å². The van der Waals surface area contributed by atoms with E-state index >= 15 is 0 Å². The van der Waals surface area contributed by atoms with Gasteiger partial charge < -0.3 is 9.84 Å². The molecule has 1 amide bonds. The Morgan fingerprint density at radius 2 is 2.36 bits per heavy atom. The molecule has 0 aliphatic heterocycles. The third-order valence-electron chi connectivity index (χ3n) is 4.60. The second kappa shape index (κ2) is 10.2. The molecule has 0 saturated carbocycles. The average molecular weight is 347 g/mol. The van der Waals surface area contributed by atoms with Gasteiger partial charge in [-0.25, -0.2) is 5.48 Å². The molecule has 0 aromatic heterocycles. The zero-order valence-electron chi connectivity index (χ0n) is 15.2. The van der Waals surface area contributed by atoms with E-state index in [1.165, 1.54) is 6.92 Å². The molecule has 5 nitrogen and oxygen atoms in total. The van der Waals surface area contributed by atoms with Gasteiger partial charge in [0.1, 0.15) is 0 Å². The number of carbonyl (C=O) groups is 1. The number of terminal acetylenes is 1. The van der Waals surface area contributed by atoms with E-state index < -0.39 is 17.6 Å². The molecule has 0 saturated heterocycles. The third-order valence-corrected chi connectivity index (χ3v) is 4.60. The minimum atomic E-state index is -1.49. The summed E-state index contributed by atoms with van der Waals surface area (Å²) in [7, 11) is 0. The van der Waals surface area contributed by atoms with E-state index in [1.54, 1.807) is 12.4 Å². The van der Waals surface area contributed by atoms with Crippen LogP contribution in [-0.4, -0.2) is 34.5 Å². The summed E-state index contributed by atoms with van der Waals surface area (Å²) in [4.78, 5) is 11.9. The lowest BCUT2D eigenvalue weighted by Gasteiger charge is -2.33. The number of rotatable bonds is 9. The average Bonchev–Trinajstić information content (AvgIpc) is 2.66. The summed E-state index contributed by atoms with van der Waals surface area (Å²) in [6.07, 6.45) is 16.7. The van der Waals surface area contributed by atoms with Crippen molar-refractivity contribution in [1.29, 1.82) is 0 Å². The number of hydrogen-bond donors (Lipinski definition) is 3. The highest BCUT2D eigenvalue weighted by Gasteiger charge is 2.41. The molecular formula is C20H29NO4. The van der Waals surface area contributed by atoms with Crippen molar-refractivity contribution in [2.45, 2.75) is 51.7 Å². The van der Waals surface area contributed by atoms with E-state index in [2.05, 4.69) is 18.1 Å². The van der Waals surface area contributed by atoms with Crippen molar-refractivity contribution in [1.82, 2.24) is 5.48 Å². The van der Waals surface area contributed by atoms with Crippen LogP contribution >= 0.6 is 0 Å². The molecule has 4 unspecified atom stereocenters. The zero-order valence-corrected chi connectivity index (χ0v) is 15.2. The fraction of sp³-hybridized carbons (Fsp3) is 0.550. The molecule has 0 radical (unpaired) electrons. The largest absolute Gasteiger partial charge is 0.390 e. The maximum atomic E-state index is 11.9. The van der Waals surface area contributed by atoms with Crippen LogP contribution in [0.25, 0.3) is 0 Å². The molecule has 0 heterocycles. The fourth-order valence-corrected chi connectivity index (χ4v) is 2.73. The number of aliphatic hydroxyl groups is 1. The van der Waals surface area contributed by atoms with Crippen molar-refractivity contribution in [2.75, 3.05) is 6.61 Å². The summed E-state index contributed by atoms with van der Waals surface area (Å²) in [5.41, 5.74) is 1.20. The van der Waals surface area contributed by atoms with Crippen LogP contribution in [0.15, 0.2) is 36.0 Å². The van der Waals surface area contributed by atoms with Gasteiger partial charge >= 0.3 is 0 Å². The molecule has 5 heteroatoms. The summed E-state index contributed by atoms with van der Waals surface area (Å²) < 4.78 is 5.71. The first kappa shape index (κ1) is 21.2. The van der Waals surface area contributed by atoms with Crippen molar-refractivity contribution in [3.05, 3.63) is 36.0 Å². The lowest BCUT2D eigenvalue weighted by molar-refractivity contribution is -0.171. The predicted molar refractivity (Wildman–Crippen MR) is 97.7 cm³/mol. The number of carbonyl (C=O) groups excluding carboxylic acids is 1. The molecule has 0 bridgehead atoms. The van der Waals surface area contributed by atoms with Crippen molar-refractivity contribution < 1.29 is 19.8 Å². The van der Waals surface area contributed by atoms with Gasteiger partial charge in [0.25, 0.3) is 5.91 Å². The molecule has 1 aliphatic rings. The Morgan fingerprint density at radius 1 is 1.64 bits per heavy atom. The van der Waals surface area contributed by atoms with E-state index in [0.717, 1.165) is 18.4 Å². The number of nitrogens with one attached hydrogen (secondary N) is 1. The molecule has 0 aromatic carbocycles. The standard InChI is InChI=1S/C20H29NO4/c1-5-8-9-16(6-2)17-12-10-15(11-13-17)14-25-20(4,18(22)7-3)19(23)21-24/h2,5,8,10,12-13,15-16,18,22,24H,7,9,11,14H2,1,3-4H3,(H,21,23). The maximum Gasteiger partial charge on any atom is 0.277 e. The van der Waals surface area contributed by atoms with Gasteiger partial charge in [-0.1, -0.05) is 43.2 Å². The van der Waals surface area contributed by atoms with Crippen LogP contribution in [0.1, 0.15) is 40.0 Å². The minimum Gasteiger partial charge on any atom is -0.390 e. The Balaban J connectivity index is 2.68. The first-order chi connectivity index (χ1) is 11.9. The van der Waals surface area contributed by atoms with Crippen molar-refractivity contribution >= 4 is 5.91 Å². The number of hydrogen-bond acceptors (Lipinski definition) is 4. The van der Waals surface area contributed by atoms with Gasteiger partial charge in [-0.2, -0.15) is 0 Å². The topological polar surface area (TPSA) is 78.8 Å². The quantitative estimate of drug-likeness (QED) is 0.259. The Kier molecular flexibility index (Phi) is 8.64. The normalized spacial score (nSPS) is 21.9. The number of amides is 1. The van der Waals surface area contributed by atoms with Crippen LogP contribution < -0.4 is 5.48 Å². The smallest absolute Gasteiger partial charge is 0.277 e. The van der Waals surface area contributed by atoms with Crippen LogP contribution in [-0.2, 0) is 9.53 Å². The summed E-state index contributed by atoms with van der Waals surface area (Å²) >= 11 is 0. The predicted octanol–water partition coefficient (Wildman–Crippen LogP) is 2.76. The first-order valence-corrected chi connectivity index (χ1v) is 8.64. The van der Waals surface area contributed by atoms with Crippen molar-refractivity contribution in [3.8, 4) is 12.3 Å². The summed E-state index contributed by atoms with van der Waals surface area (Å²) in [6.45, 7) is 5.45. The van der Waals surface area contributed by atoms with E-state index in [1.807, 2.05) is 25.2 Å². The number of hydroxylamine groups is 1. The van der Waals surface area contributed by atoms with E-state index in [4.69, 9.17) is 16.4 Å². The number of ether oxygens (including phenoxy) is 1. The maximum absolute atomic E-state index is 11.9. The van der Waals surface area contributed by atoms with Gasteiger partial charge in [0.2, 0.25) is 0 Å². The van der Waals surface area contributed by atoms with Gasteiger partial charge in [0.05, 0.1) is 12.7 Å². The van der Waals surface area contributed by atoms with Crippen LogP contribution in [0.4, 0.5) is 0 Å². The molecule has 3 N–H and O–H groups in total. The lowest BCUT2D eigenvalue weighted by atomic mass is 9.88. The Labute approximate surface area is 150 Å². The van der Waals surface area contributed by atoms with Crippen LogP contribution in [0.3, 0.4) is 0 Å². The summed E-state index contributed by atoms with van der Waals surface area (Å²) in [5, 5.41) is 19.0. The van der Waals surface area contributed by atoms with Gasteiger partial charge in [-0.05, 0) is 38.7 Å². The van der Waals surface area contributed by atoms with Gasteiger partial charge in [0.15, 0.2) is 5.60 Å². The highest BCUT2D eigenvalue weighted by Crippen LogP contribution is 2.27. The van der Waals surface area contributed by atoms with E-state index in [-0.39, 0.29) is 18.4 Å². The minimum absolute atomic E-state index is 0.0571. The highest BCUT2D eigenvalue weighted by molar-refractivity contribution is 5.84. The van der Waals surface area contributed by atoms with Crippen molar-refractivity contribution in [2.24, 2.45) is 11.8 Å². The molecule has 0 aromatic rings. The molecule has 4 atom stereocenters. The SMILES string of the molecule is C#CC(CC=CC)C1=CCC(COC(C)(C(=O)NO)C(O)CC)C=C1. The molecular weight excluding hydrogens is 318 g/mol. The molecule has 1 aliphatic carbocycles. The van der Waals surface area contributed by atoms with Gasteiger partial charge in [-0.3, -0.25) is 10.0 Å². The lowest BCUT2D eigenvalue weighted by Crippen LogP contribution is -2.54. The second-order valence-electron chi connectivity index (χ2n) is 6.37. The Hall–Kier alpha value is -1.87. The fourth-order valence-electron chi connectivity index (χ4n) is 2.73. The summed E-state index contributed by atoms with van der Waals surface area (Å²) in [6, 6.07) is 0. The highest BCUT2D eigenvalue weighted by atomic mass is 16.5. The monoisotopic (exact) mass is 347 g/mol. The van der Waals surface area contributed by atoms with Crippen LogP contribution in [0.2, 0.25) is 0 Å². The van der Waals surface area contributed by atoms with Gasteiger partial charge in [0, 0.05) is 11.8 Å². The first-order valence-electron chi connectivity index (χ1n) is 8.64. The molecule has 138 valence electrons. The van der Waals surface area contributed by atoms with E-state index in [9.17, 15) is 9.90 Å². The van der Waals surface area contributed by atoms with Crippen LogP contribution in [0.5, 0.6) is 0 Å². The van der Waals surface area contributed by atoms with Crippen molar-refractivity contribution in [3.63, 3.8) is 0 Å². The second-order valence-corrected chi connectivity index (χ2v) is 6.37. The third kappa shape index (κ3) is 5.57. The number of allylic oxidation sites excluding steroid dienone is 5. The molecule has 25 heavy (non-hydrogen) atoms. The van der Waals surface area contributed by atoms with Crippen LogP contribution in [0, 0.1) is 24.2 Å². The Morgan fingerprint density at radius 3 is 2.84 bits per heavy atom. The summed E-state index contributed by atoms with van der Waals surface area (Å²) in [5.74, 6) is 2.19.